The van der Waals surface area contributed by atoms with Crippen LogP contribution >= 0.6 is 0 Å². The van der Waals surface area contributed by atoms with Gasteiger partial charge in [0.1, 0.15) is 11.7 Å². The average Bonchev–Trinajstić information content (AvgIpc) is 2.97. The highest BCUT2D eigenvalue weighted by Gasteiger charge is 2.51. The van der Waals surface area contributed by atoms with Gasteiger partial charge in [0.05, 0.1) is 13.1 Å². The first-order valence-corrected chi connectivity index (χ1v) is 6.84. The summed E-state index contributed by atoms with van der Waals surface area (Å²) in [6.07, 6.45) is 5.58. The Hall–Kier alpha value is -0.910. The maximum atomic E-state index is 12.1. The van der Waals surface area contributed by atoms with E-state index in [4.69, 9.17) is 9.47 Å². The largest absolute Gasteiger partial charge is 0.377 e. The Morgan fingerprint density at radius 2 is 2.37 bits per heavy atom. The van der Waals surface area contributed by atoms with Gasteiger partial charge in [0.15, 0.2) is 0 Å². The summed E-state index contributed by atoms with van der Waals surface area (Å²) in [5.74, 6) is 0.0521. The molecule has 0 radical (unpaired) electrons. The molecule has 0 saturated carbocycles. The van der Waals surface area contributed by atoms with Gasteiger partial charge in [-0.15, -0.1) is 0 Å². The molecular formula is C14H24N2O3. The number of hydrogen-bond donors (Lipinski definition) is 0. The van der Waals surface area contributed by atoms with Gasteiger partial charge in [-0.2, -0.15) is 0 Å². The Bertz CT molecular complexity index is 349. The van der Waals surface area contributed by atoms with Gasteiger partial charge in [0, 0.05) is 26.3 Å². The maximum absolute atomic E-state index is 12.1. The van der Waals surface area contributed by atoms with Gasteiger partial charge in [-0.05, 0) is 26.9 Å². The molecule has 108 valence electrons. The number of likely N-dealkylation sites (N-methyl/N-ethyl adjacent to an activating group) is 1. The first kappa shape index (κ1) is 14.5. The molecule has 0 unspecified atom stereocenters. The fourth-order valence-corrected chi connectivity index (χ4v) is 2.88. The highest BCUT2D eigenvalue weighted by molar-refractivity contribution is 5.88. The number of methoxy groups -OCH3 is 1. The molecule has 5 nitrogen and oxygen atoms in total. The molecule has 0 aromatic heterocycles. The van der Waals surface area contributed by atoms with Crippen LogP contribution in [-0.2, 0) is 14.3 Å². The summed E-state index contributed by atoms with van der Waals surface area (Å²) < 4.78 is 11.4. The molecule has 1 spiro atoms. The topological polar surface area (TPSA) is 42.0 Å². The molecule has 2 rings (SSSR count). The van der Waals surface area contributed by atoms with Crippen molar-refractivity contribution in [1.82, 2.24) is 9.80 Å². The van der Waals surface area contributed by atoms with Crippen LogP contribution in [0.1, 0.15) is 12.8 Å². The number of hydrogen-bond acceptors (Lipinski definition) is 4. The summed E-state index contributed by atoms with van der Waals surface area (Å²) in [5, 5.41) is 0. The second kappa shape index (κ2) is 6.03. The quantitative estimate of drug-likeness (QED) is 0.697. The molecule has 0 aromatic rings. The lowest BCUT2D eigenvalue weighted by Crippen LogP contribution is -2.42. The van der Waals surface area contributed by atoms with Crippen molar-refractivity contribution in [2.45, 2.75) is 24.5 Å². The van der Waals surface area contributed by atoms with E-state index in [0.717, 1.165) is 26.0 Å². The van der Waals surface area contributed by atoms with Gasteiger partial charge in [-0.3, -0.25) is 4.79 Å². The number of carbonyl (C=O) groups is 1. The summed E-state index contributed by atoms with van der Waals surface area (Å²) in [6.45, 7) is 2.82. The van der Waals surface area contributed by atoms with Crippen molar-refractivity contribution in [3.63, 3.8) is 0 Å². The molecule has 2 heterocycles. The van der Waals surface area contributed by atoms with Crippen LogP contribution in [0.15, 0.2) is 12.2 Å². The molecule has 1 amide bonds. The van der Waals surface area contributed by atoms with Crippen molar-refractivity contribution in [2.75, 3.05) is 47.4 Å². The van der Waals surface area contributed by atoms with Crippen LogP contribution < -0.4 is 0 Å². The van der Waals surface area contributed by atoms with Crippen LogP contribution in [0.5, 0.6) is 0 Å². The lowest BCUT2D eigenvalue weighted by atomic mass is 9.97. The van der Waals surface area contributed by atoms with Gasteiger partial charge >= 0.3 is 0 Å². The SMILES string of the molecule is CO[C@@H]1CN(C(=O)/C=C/CN(C)C)C[C@]12CCCO2. The van der Waals surface area contributed by atoms with E-state index in [9.17, 15) is 4.79 Å². The van der Waals surface area contributed by atoms with Crippen LogP contribution in [0.4, 0.5) is 0 Å². The predicted molar refractivity (Wildman–Crippen MR) is 73.0 cm³/mol. The molecule has 0 aliphatic carbocycles. The molecule has 2 aliphatic rings. The van der Waals surface area contributed by atoms with E-state index in [1.807, 2.05) is 30.0 Å². The first-order chi connectivity index (χ1) is 9.07. The van der Waals surface area contributed by atoms with Crippen molar-refractivity contribution in [3.05, 3.63) is 12.2 Å². The Morgan fingerprint density at radius 1 is 1.58 bits per heavy atom. The molecule has 19 heavy (non-hydrogen) atoms. The summed E-state index contributed by atoms with van der Waals surface area (Å²) in [6, 6.07) is 0. The summed E-state index contributed by atoms with van der Waals surface area (Å²) in [7, 11) is 5.66. The van der Waals surface area contributed by atoms with Crippen molar-refractivity contribution in [1.29, 1.82) is 0 Å². The molecule has 2 saturated heterocycles. The van der Waals surface area contributed by atoms with E-state index in [1.54, 1.807) is 13.2 Å². The fraction of sp³-hybridized carbons (Fsp3) is 0.786. The minimum Gasteiger partial charge on any atom is -0.377 e. The summed E-state index contributed by atoms with van der Waals surface area (Å²) >= 11 is 0. The normalized spacial score (nSPS) is 31.2. The minimum absolute atomic E-state index is 0.00111. The number of carbonyl (C=O) groups excluding carboxylic acids is 1. The molecule has 2 aliphatic heterocycles. The number of amides is 1. The Labute approximate surface area is 115 Å². The Kier molecular flexibility index (Phi) is 4.60. The van der Waals surface area contributed by atoms with Gasteiger partial charge < -0.3 is 19.3 Å². The Balaban J connectivity index is 1.95. The first-order valence-electron chi connectivity index (χ1n) is 6.84. The molecule has 0 aromatic carbocycles. The minimum atomic E-state index is -0.264. The highest BCUT2D eigenvalue weighted by atomic mass is 16.6. The van der Waals surface area contributed by atoms with E-state index >= 15 is 0 Å². The van der Waals surface area contributed by atoms with Crippen molar-refractivity contribution in [3.8, 4) is 0 Å². The summed E-state index contributed by atoms with van der Waals surface area (Å²) in [4.78, 5) is 16.0. The van der Waals surface area contributed by atoms with Gasteiger partial charge in [0.25, 0.3) is 0 Å². The summed E-state index contributed by atoms with van der Waals surface area (Å²) in [5.41, 5.74) is -0.264. The van der Waals surface area contributed by atoms with E-state index in [-0.39, 0.29) is 17.6 Å². The van der Waals surface area contributed by atoms with Gasteiger partial charge in [0.2, 0.25) is 5.91 Å². The number of nitrogens with zero attached hydrogens (tertiary/aromatic N) is 2. The lowest BCUT2D eigenvalue weighted by molar-refractivity contribution is -0.126. The van der Waals surface area contributed by atoms with Crippen LogP contribution in [0.25, 0.3) is 0 Å². The van der Waals surface area contributed by atoms with Crippen LogP contribution in [-0.4, -0.2) is 74.9 Å². The van der Waals surface area contributed by atoms with Gasteiger partial charge in [-0.25, -0.2) is 0 Å². The third-order valence-corrected chi connectivity index (χ3v) is 3.89. The van der Waals surface area contributed by atoms with E-state index < -0.39 is 0 Å². The van der Waals surface area contributed by atoms with Crippen LogP contribution in [0.2, 0.25) is 0 Å². The standard InChI is InChI=1S/C14H24N2O3/c1-15(2)8-4-6-13(17)16-10-12(18-3)14(11-16)7-5-9-19-14/h4,6,12H,5,7-11H2,1-3H3/b6-4+/t12-,14-/m1/s1. The van der Waals surface area contributed by atoms with Gasteiger partial charge in [-0.1, -0.05) is 6.08 Å². The van der Waals surface area contributed by atoms with Crippen molar-refractivity contribution < 1.29 is 14.3 Å². The second-order valence-corrected chi connectivity index (χ2v) is 5.62. The van der Waals surface area contributed by atoms with Crippen molar-refractivity contribution in [2.24, 2.45) is 0 Å². The number of rotatable bonds is 4. The lowest BCUT2D eigenvalue weighted by Gasteiger charge is -2.27. The molecule has 2 fully saturated rings. The van der Waals surface area contributed by atoms with Crippen LogP contribution in [0, 0.1) is 0 Å². The fourth-order valence-electron chi connectivity index (χ4n) is 2.88. The van der Waals surface area contributed by atoms with Crippen LogP contribution in [0.3, 0.4) is 0 Å². The smallest absolute Gasteiger partial charge is 0.246 e. The zero-order chi connectivity index (χ0) is 13.9. The molecule has 0 N–H and O–H groups in total. The third kappa shape index (κ3) is 3.16. The number of ether oxygens (including phenoxy) is 2. The van der Waals surface area contributed by atoms with E-state index in [2.05, 4.69) is 0 Å². The monoisotopic (exact) mass is 268 g/mol. The predicted octanol–water partition coefficient (Wildman–Crippen LogP) is 0.511. The molecular weight excluding hydrogens is 244 g/mol. The Morgan fingerprint density at radius 3 is 2.95 bits per heavy atom. The third-order valence-electron chi connectivity index (χ3n) is 3.89. The maximum Gasteiger partial charge on any atom is 0.246 e. The van der Waals surface area contributed by atoms with E-state index in [0.29, 0.717) is 13.1 Å². The molecule has 2 atom stereocenters. The molecule has 0 bridgehead atoms. The number of likely N-dealkylation sites (tertiary alicyclic amines) is 1. The zero-order valence-electron chi connectivity index (χ0n) is 12.1. The molecule has 5 heteroatoms. The second-order valence-electron chi connectivity index (χ2n) is 5.62. The average molecular weight is 268 g/mol. The van der Waals surface area contributed by atoms with Crippen molar-refractivity contribution >= 4 is 5.91 Å². The van der Waals surface area contributed by atoms with E-state index in [1.165, 1.54) is 0 Å². The highest BCUT2D eigenvalue weighted by Crippen LogP contribution is 2.36. The zero-order valence-corrected chi connectivity index (χ0v) is 12.1.